The molecule has 5 nitrogen and oxygen atoms in total. The van der Waals surface area contributed by atoms with Gasteiger partial charge in [-0.05, 0) is 25.0 Å². The first kappa shape index (κ1) is 19.8. The number of benzene rings is 1. The molecule has 1 aliphatic heterocycles. The lowest BCUT2D eigenvalue weighted by Gasteiger charge is -2.25. The molecule has 138 valence electrons. The van der Waals surface area contributed by atoms with E-state index in [1.54, 1.807) is 7.11 Å². The second-order valence-electron chi connectivity index (χ2n) is 6.19. The molecule has 0 spiro atoms. The SMILES string of the molecule is COCCNC(=O)CSc1ccccc1C(=O)N1CCCCCCC1. The summed E-state index contributed by atoms with van der Waals surface area (Å²) in [6.07, 6.45) is 5.81. The standard InChI is InChI=1S/C19H28N2O3S/c1-24-14-11-20-18(22)15-25-17-10-6-5-9-16(17)19(23)21-12-7-3-2-4-8-13-21/h5-6,9-10H,2-4,7-8,11-15H2,1H3,(H,20,22). The van der Waals surface area contributed by atoms with Crippen molar-refractivity contribution in [2.24, 2.45) is 0 Å². The van der Waals surface area contributed by atoms with Crippen LogP contribution in [0.1, 0.15) is 42.5 Å². The number of rotatable bonds is 7. The van der Waals surface area contributed by atoms with E-state index in [2.05, 4.69) is 5.32 Å². The van der Waals surface area contributed by atoms with Crippen LogP contribution in [0.15, 0.2) is 29.2 Å². The molecule has 0 aliphatic carbocycles. The van der Waals surface area contributed by atoms with Crippen LogP contribution in [0.4, 0.5) is 0 Å². The molecule has 6 heteroatoms. The molecular weight excluding hydrogens is 336 g/mol. The molecule has 0 aromatic heterocycles. The average Bonchev–Trinajstić information content (AvgIpc) is 2.60. The molecule has 1 aromatic carbocycles. The summed E-state index contributed by atoms with van der Waals surface area (Å²) in [6, 6.07) is 7.59. The topological polar surface area (TPSA) is 58.6 Å². The predicted octanol–water partition coefficient (Wildman–Crippen LogP) is 2.95. The third kappa shape index (κ3) is 6.71. The van der Waals surface area contributed by atoms with E-state index in [1.165, 1.54) is 31.0 Å². The van der Waals surface area contributed by atoms with Crippen LogP contribution >= 0.6 is 11.8 Å². The first-order chi connectivity index (χ1) is 12.2. The summed E-state index contributed by atoms with van der Waals surface area (Å²) >= 11 is 1.41. The number of nitrogens with one attached hydrogen (secondary N) is 1. The number of carbonyl (C=O) groups is 2. The Morgan fingerprint density at radius 2 is 1.80 bits per heavy atom. The molecule has 1 aromatic rings. The predicted molar refractivity (Wildman–Crippen MR) is 101 cm³/mol. The molecule has 1 fully saturated rings. The van der Waals surface area contributed by atoms with Crippen LogP contribution in [0.25, 0.3) is 0 Å². The Kier molecular flexibility index (Phi) is 8.83. The van der Waals surface area contributed by atoms with Gasteiger partial charge in [0.2, 0.25) is 5.91 Å². The lowest BCUT2D eigenvalue weighted by molar-refractivity contribution is -0.118. The summed E-state index contributed by atoms with van der Waals surface area (Å²) in [4.78, 5) is 27.7. The number of carbonyl (C=O) groups excluding carboxylic acids is 2. The van der Waals surface area contributed by atoms with E-state index >= 15 is 0 Å². The van der Waals surface area contributed by atoms with Gasteiger partial charge in [-0.3, -0.25) is 9.59 Å². The van der Waals surface area contributed by atoms with Gasteiger partial charge in [-0.15, -0.1) is 11.8 Å². The average molecular weight is 365 g/mol. The maximum absolute atomic E-state index is 12.9. The van der Waals surface area contributed by atoms with Gasteiger partial charge < -0.3 is 15.0 Å². The fourth-order valence-electron chi connectivity index (χ4n) is 2.88. The zero-order valence-corrected chi connectivity index (χ0v) is 15.8. The smallest absolute Gasteiger partial charge is 0.254 e. The number of nitrogens with zero attached hydrogens (tertiary/aromatic N) is 1. The van der Waals surface area contributed by atoms with Crippen molar-refractivity contribution in [3.05, 3.63) is 29.8 Å². The highest BCUT2D eigenvalue weighted by Gasteiger charge is 2.19. The molecule has 0 radical (unpaired) electrons. The summed E-state index contributed by atoms with van der Waals surface area (Å²) in [5.41, 5.74) is 0.706. The van der Waals surface area contributed by atoms with Gasteiger partial charge in [-0.25, -0.2) is 0 Å². The van der Waals surface area contributed by atoms with Gasteiger partial charge >= 0.3 is 0 Å². The fourth-order valence-corrected chi connectivity index (χ4v) is 3.75. The van der Waals surface area contributed by atoms with Gasteiger partial charge in [-0.1, -0.05) is 31.4 Å². The Hall–Kier alpha value is -1.53. The molecule has 1 heterocycles. The number of likely N-dealkylation sites (tertiary alicyclic amines) is 1. The maximum atomic E-state index is 12.9. The minimum Gasteiger partial charge on any atom is -0.383 e. The van der Waals surface area contributed by atoms with Crippen molar-refractivity contribution in [2.45, 2.75) is 37.0 Å². The highest BCUT2D eigenvalue weighted by molar-refractivity contribution is 8.00. The Balaban J connectivity index is 1.96. The summed E-state index contributed by atoms with van der Waals surface area (Å²) in [7, 11) is 1.60. The Morgan fingerprint density at radius 1 is 1.12 bits per heavy atom. The summed E-state index contributed by atoms with van der Waals surface area (Å²) in [6.45, 7) is 2.66. The van der Waals surface area contributed by atoms with Crippen molar-refractivity contribution >= 4 is 23.6 Å². The zero-order valence-electron chi connectivity index (χ0n) is 15.0. The molecule has 2 rings (SSSR count). The van der Waals surface area contributed by atoms with Crippen molar-refractivity contribution in [1.29, 1.82) is 0 Å². The Labute approximate surface area is 154 Å². The van der Waals surface area contributed by atoms with Crippen molar-refractivity contribution in [2.75, 3.05) is 39.1 Å². The minimum absolute atomic E-state index is 0.0458. The Bertz CT molecular complexity index is 557. The molecule has 0 atom stereocenters. The lowest BCUT2D eigenvalue weighted by Crippen LogP contribution is -2.34. The number of hydrogen-bond acceptors (Lipinski definition) is 4. The molecule has 1 N–H and O–H groups in total. The van der Waals surface area contributed by atoms with Crippen molar-refractivity contribution in [1.82, 2.24) is 10.2 Å². The van der Waals surface area contributed by atoms with Crippen molar-refractivity contribution < 1.29 is 14.3 Å². The number of hydrogen-bond donors (Lipinski definition) is 1. The molecular formula is C19H28N2O3S. The van der Waals surface area contributed by atoms with Crippen LogP contribution in [0.2, 0.25) is 0 Å². The second kappa shape index (κ2) is 11.2. The lowest BCUT2D eigenvalue weighted by atomic mass is 10.1. The number of ether oxygens (including phenoxy) is 1. The van der Waals surface area contributed by atoms with Crippen LogP contribution in [-0.4, -0.2) is 55.8 Å². The summed E-state index contributed by atoms with van der Waals surface area (Å²) in [5.74, 6) is 0.342. The van der Waals surface area contributed by atoms with E-state index in [0.717, 1.165) is 30.8 Å². The van der Waals surface area contributed by atoms with Crippen LogP contribution in [0.5, 0.6) is 0 Å². The summed E-state index contributed by atoms with van der Waals surface area (Å²) < 4.78 is 4.92. The molecule has 1 aliphatic rings. The first-order valence-corrected chi connectivity index (χ1v) is 9.97. The third-order valence-corrected chi connectivity index (χ3v) is 5.32. The van der Waals surface area contributed by atoms with Gasteiger partial charge in [0, 0.05) is 31.6 Å². The van der Waals surface area contributed by atoms with Gasteiger partial charge in [0.15, 0.2) is 0 Å². The van der Waals surface area contributed by atoms with Crippen molar-refractivity contribution in [3.63, 3.8) is 0 Å². The van der Waals surface area contributed by atoms with Crippen LogP contribution in [0, 0.1) is 0 Å². The molecule has 0 saturated carbocycles. The third-order valence-electron chi connectivity index (χ3n) is 4.25. The minimum atomic E-state index is -0.0458. The van der Waals surface area contributed by atoms with Crippen molar-refractivity contribution in [3.8, 4) is 0 Å². The van der Waals surface area contributed by atoms with Crippen LogP contribution in [0.3, 0.4) is 0 Å². The molecule has 0 unspecified atom stereocenters. The Morgan fingerprint density at radius 3 is 2.52 bits per heavy atom. The summed E-state index contributed by atoms with van der Waals surface area (Å²) in [5, 5.41) is 2.80. The first-order valence-electron chi connectivity index (χ1n) is 8.99. The van der Waals surface area contributed by atoms with Crippen LogP contribution < -0.4 is 5.32 Å². The quantitative estimate of drug-likeness (QED) is 0.597. The molecule has 25 heavy (non-hydrogen) atoms. The monoisotopic (exact) mass is 364 g/mol. The van der Waals surface area contributed by atoms with E-state index in [-0.39, 0.29) is 11.8 Å². The highest BCUT2D eigenvalue weighted by atomic mass is 32.2. The van der Waals surface area contributed by atoms with Gasteiger partial charge in [0.05, 0.1) is 17.9 Å². The molecule has 2 amide bonds. The van der Waals surface area contributed by atoms with E-state index in [4.69, 9.17) is 4.74 Å². The van der Waals surface area contributed by atoms with Crippen LogP contribution in [-0.2, 0) is 9.53 Å². The number of thioether (sulfide) groups is 1. The molecule has 1 saturated heterocycles. The zero-order chi connectivity index (χ0) is 17.9. The largest absolute Gasteiger partial charge is 0.383 e. The number of amides is 2. The van der Waals surface area contributed by atoms with E-state index in [9.17, 15) is 9.59 Å². The normalized spacial score (nSPS) is 15.3. The molecule has 0 bridgehead atoms. The van der Waals surface area contributed by atoms with E-state index in [1.807, 2.05) is 29.2 Å². The van der Waals surface area contributed by atoms with Gasteiger partial charge in [-0.2, -0.15) is 0 Å². The highest BCUT2D eigenvalue weighted by Crippen LogP contribution is 2.24. The van der Waals surface area contributed by atoms with E-state index < -0.39 is 0 Å². The van der Waals surface area contributed by atoms with E-state index in [0.29, 0.717) is 24.5 Å². The van der Waals surface area contributed by atoms with Gasteiger partial charge in [0.1, 0.15) is 0 Å². The second-order valence-corrected chi connectivity index (χ2v) is 7.20. The maximum Gasteiger partial charge on any atom is 0.254 e. The number of methoxy groups -OCH3 is 1. The fraction of sp³-hybridized carbons (Fsp3) is 0.579. The van der Waals surface area contributed by atoms with Gasteiger partial charge in [0.25, 0.3) is 5.91 Å².